The van der Waals surface area contributed by atoms with Gasteiger partial charge in [0.05, 0.1) is 24.8 Å². The summed E-state index contributed by atoms with van der Waals surface area (Å²) >= 11 is 1.54. The van der Waals surface area contributed by atoms with Gasteiger partial charge in [-0.3, -0.25) is 19.2 Å². The number of carbonyl (C=O) groups is 1. The molecule has 0 fully saturated rings. The number of amides is 1. The highest BCUT2D eigenvalue weighted by Crippen LogP contribution is 2.37. The van der Waals surface area contributed by atoms with Crippen molar-refractivity contribution >= 4 is 39.1 Å². The Morgan fingerprint density at radius 2 is 1.72 bits per heavy atom. The van der Waals surface area contributed by atoms with Gasteiger partial charge < -0.3 is 14.8 Å². The Hall–Kier alpha value is -3.77. The minimum absolute atomic E-state index is 0.0326. The zero-order valence-corrected chi connectivity index (χ0v) is 21.3. The molecule has 0 aliphatic heterocycles. The van der Waals surface area contributed by atoms with E-state index in [4.69, 9.17) is 9.47 Å². The molecule has 190 valence electrons. The van der Waals surface area contributed by atoms with E-state index in [1.165, 1.54) is 56.3 Å². The summed E-state index contributed by atoms with van der Waals surface area (Å²) < 4.78 is 38.7. The normalized spacial score (nSPS) is 10.9. The van der Waals surface area contributed by atoms with Crippen LogP contribution in [0, 0.1) is 10.1 Å². The third-order valence-corrected chi connectivity index (χ3v) is 7.83. The average Bonchev–Trinajstić information content (AvgIpc) is 2.90. The van der Waals surface area contributed by atoms with Crippen molar-refractivity contribution in [2.45, 2.75) is 9.79 Å². The van der Waals surface area contributed by atoms with Gasteiger partial charge >= 0.3 is 0 Å². The van der Waals surface area contributed by atoms with Crippen LogP contribution in [0.4, 0.5) is 11.4 Å². The average molecular weight is 532 g/mol. The minimum atomic E-state index is -4.55. The van der Waals surface area contributed by atoms with Crippen molar-refractivity contribution < 1.29 is 27.6 Å². The Kier molecular flexibility index (Phi) is 9.14. The molecule has 0 unspecified atom stereocenters. The summed E-state index contributed by atoms with van der Waals surface area (Å²) in [5.41, 5.74) is -0.570. The fourth-order valence-electron chi connectivity index (χ4n) is 3.30. The molecule has 0 aliphatic carbocycles. The van der Waals surface area contributed by atoms with E-state index in [1.807, 2.05) is 30.3 Å². The van der Waals surface area contributed by atoms with Crippen molar-refractivity contribution in [1.82, 2.24) is 5.32 Å². The Balaban J connectivity index is 1.90. The van der Waals surface area contributed by atoms with Crippen molar-refractivity contribution in [2.75, 3.05) is 37.4 Å². The highest BCUT2D eigenvalue weighted by molar-refractivity contribution is 7.99. The number of hydrogen-bond donors (Lipinski definition) is 1. The van der Waals surface area contributed by atoms with E-state index in [1.54, 1.807) is 0 Å². The lowest BCUT2D eigenvalue weighted by Crippen LogP contribution is -2.41. The molecule has 0 bridgehead atoms. The van der Waals surface area contributed by atoms with E-state index in [9.17, 15) is 23.3 Å². The van der Waals surface area contributed by atoms with Crippen LogP contribution >= 0.6 is 11.8 Å². The Morgan fingerprint density at radius 1 is 1.03 bits per heavy atom. The van der Waals surface area contributed by atoms with E-state index < -0.39 is 38.0 Å². The Labute approximate surface area is 213 Å². The van der Waals surface area contributed by atoms with E-state index >= 15 is 0 Å². The number of ether oxygens (including phenoxy) is 2. The SMILES string of the molecule is COc1ccc(N(CC(=O)NCCSc2ccccc2)S(=O)(=O)c2ccccc2[N+](=O)[O-])c(OC)c1. The number of anilines is 1. The molecule has 3 aromatic rings. The van der Waals surface area contributed by atoms with Crippen LogP contribution in [-0.2, 0) is 14.8 Å². The molecule has 0 aromatic heterocycles. The molecule has 3 rings (SSSR count). The van der Waals surface area contributed by atoms with Crippen molar-refractivity contribution in [3.05, 3.63) is 82.9 Å². The first-order chi connectivity index (χ1) is 17.3. The lowest BCUT2D eigenvalue weighted by Gasteiger charge is -2.25. The second-order valence-electron chi connectivity index (χ2n) is 7.29. The zero-order valence-electron chi connectivity index (χ0n) is 19.6. The maximum Gasteiger partial charge on any atom is 0.289 e. The number of nitro groups is 1. The fourth-order valence-corrected chi connectivity index (χ4v) is 5.68. The molecule has 12 heteroatoms. The number of benzene rings is 3. The fraction of sp³-hybridized carbons (Fsp3) is 0.208. The monoisotopic (exact) mass is 531 g/mol. The van der Waals surface area contributed by atoms with Gasteiger partial charge in [0, 0.05) is 29.3 Å². The van der Waals surface area contributed by atoms with E-state index in [-0.39, 0.29) is 18.0 Å². The number of carbonyl (C=O) groups excluding carboxylic acids is 1. The molecule has 10 nitrogen and oxygen atoms in total. The molecular formula is C24H25N3O7S2. The van der Waals surface area contributed by atoms with Gasteiger partial charge in [0.25, 0.3) is 15.7 Å². The van der Waals surface area contributed by atoms with Gasteiger partial charge in [-0.1, -0.05) is 30.3 Å². The number of hydrogen-bond acceptors (Lipinski definition) is 8. The van der Waals surface area contributed by atoms with Gasteiger partial charge in [-0.15, -0.1) is 11.8 Å². The van der Waals surface area contributed by atoms with Crippen molar-refractivity contribution in [3.8, 4) is 11.5 Å². The second-order valence-corrected chi connectivity index (χ2v) is 10.3. The van der Waals surface area contributed by atoms with Crippen molar-refractivity contribution in [3.63, 3.8) is 0 Å². The summed E-state index contributed by atoms with van der Waals surface area (Å²) in [5.74, 6) is 0.507. The molecule has 3 aromatic carbocycles. The number of nitrogens with one attached hydrogen (secondary N) is 1. The molecular weight excluding hydrogens is 506 g/mol. The summed E-state index contributed by atoms with van der Waals surface area (Å²) in [5, 5.41) is 14.3. The van der Waals surface area contributed by atoms with Crippen LogP contribution in [0.2, 0.25) is 0 Å². The smallest absolute Gasteiger partial charge is 0.289 e. The van der Waals surface area contributed by atoms with Crippen LogP contribution in [-0.4, -0.2) is 52.3 Å². The highest BCUT2D eigenvalue weighted by Gasteiger charge is 2.34. The number of methoxy groups -OCH3 is 2. The Morgan fingerprint density at radius 3 is 2.39 bits per heavy atom. The molecule has 0 aliphatic rings. The summed E-state index contributed by atoms with van der Waals surface area (Å²) in [7, 11) is -1.76. The number of thioether (sulfide) groups is 1. The summed E-state index contributed by atoms with van der Waals surface area (Å²) in [6.07, 6.45) is 0. The molecule has 0 atom stereocenters. The first-order valence-corrected chi connectivity index (χ1v) is 13.1. The largest absolute Gasteiger partial charge is 0.497 e. The Bertz CT molecular complexity index is 1320. The molecule has 0 heterocycles. The zero-order chi connectivity index (χ0) is 26.1. The summed E-state index contributed by atoms with van der Waals surface area (Å²) in [4.78, 5) is 24.1. The molecule has 36 heavy (non-hydrogen) atoms. The number of sulfonamides is 1. The van der Waals surface area contributed by atoms with E-state index in [2.05, 4.69) is 5.32 Å². The molecule has 1 amide bonds. The topological polar surface area (TPSA) is 128 Å². The molecule has 1 N–H and O–H groups in total. The summed E-state index contributed by atoms with van der Waals surface area (Å²) in [6, 6.07) is 19.0. The third kappa shape index (κ3) is 6.46. The van der Waals surface area contributed by atoms with Crippen molar-refractivity contribution in [1.29, 1.82) is 0 Å². The predicted molar refractivity (Wildman–Crippen MR) is 137 cm³/mol. The minimum Gasteiger partial charge on any atom is -0.497 e. The second kappa shape index (κ2) is 12.3. The lowest BCUT2D eigenvalue weighted by atomic mass is 10.2. The van der Waals surface area contributed by atoms with Crippen LogP contribution in [0.25, 0.3) is 0 Å². The number of nitro benzene ring substituents is 1. The van der Waals surface area contributed by atoms with Gasteiger partial charge in [0.2, 0.25) is 5.91 Å². The first-order valence-electron chi connectivity index (χ1n) is 10.7. The molecule has 0 saturated heterocycles. The molecule has 0 radical (unpaired) electrons. The maximum atomic E-state index is 13.7. The molecule has 0 saturated carbocycles. The standard InChI is InChI=1S/C24H25N3O7S2/c1-33-18-12-13-20(22(16-18)34-2)26(36(31,32)23-11-7-6-10-21(23)27(29)30)17-24(28)25-14-15-35-19-8-4-3-5-9-19/h3-13,16H,14-15,17H2,1-2H3,(H,25,28). The third-order valence-electron chi connectivity index (χ3n) is 5.01. The number of para-hydroxylation sites is 1. The van der Waals surface area contributed by atoms with Crippen LogP contribution in [0.5, 0.6) is 11.5 Å². The van der Waals surface area contributed by atoms with Crippen LogP contribution in [0.3, 0.4) is 0 Å². The van der Waals surface area contributed by atoms with Gasteiger partial charge in [-0.25, -0.2) is 8.42 Å². The van der Waals surface area contributed by atoms with Crippen LogP contribution < -0.4 is 19.1 Å². The van der Waals surface area contributed by atoms with Gasteiger partial charge in [0.15, 0.2) is 4.90 Å². The van der Waals surface area contributed by atoms with Crippen LogP contribution in [0.1, 0.15) is 0 Å². The number of nitrogens with zero attached hydrogens (tertiary/aromatic N) is 2. The lowest BCUT2D eigenvalue weighted by molar-refractivity contribution is -0.387. The van der Waals surface area contributed by atoms with Crippen molar-refractivity contribution in [2.24, 2.45) is 0 Å². The number of rotatable bonds is 12. The van der Waals surface area contributed by atoms with Gasteiger partial charge in [-0.2, -0.15) is 0 Å². The molecule has 0 spiro atoms. The van der Waals surface area contributed by atoms with Gasteiger partial charge in [0.1, 0.15) is 18.0 Å². The van der Waals surface area contributed by atoms with E-state index in [0.717, 1.165) is 21.3 Å². The summed E-state index contributed by atoms with van der Waals surface area (Å²) in [6.45, 7) is -0.329. The van der Waals surface area contributed by atoms with Gasteiger partial charge in [-0.05, 0) is 30.3 Å². The maximum absolute atomic E-state index is 13.7. The van der Waals surface area contributed by atoms with Crippen LogP contribution in [0.15, 0.2) is 82.6 Å². The quantitative estimate of drug-likeness (QED) is 0.162. The van der Waals surface area contributed by atoms with E-state index in [0.29, 0.717) is 11.5 Å². The first kappa shape index (κ1) is 26.8. The predicted octanol–water partition coefficient (Wildman–Crippen LogP) is 3.72. The highest BCUT2D eigenvalue weighted by atomic mass is 32.2.